The molecule has 2 saturated carbocycles. The topological polar surface area (TPSA) is 63.2 Å². The number of carbonyl (C=O) groups is 1. The highest BCUT2D eigenvalue weighted by Gasteiger charge is 2.32. The number of rotatable bonds is 7. The molecule has 7 nitrogen and oxygen atoms in total. The first-order valence-corrected chi connectivity index (χ1v) is 12.5. The second kappa shape index (κ2) is 10.8. The van der Waals surface area contributed by atoms with Gasteiger partial charge < -0.3 is 20.4 Å². The molecule has 30 heavy (non-hydrogen) atoms. The predicted octanol–water partition coefficient (Wildman–Crippen LogP) is 1.50. The number of guanidine groups is 1. The molecule has 1 amide bonds. The zero-order valence-electron chi connectivity index (χ0n) is 18.9. The third kappa shape index (κ3) is 6.10. The van der Waals surface area contributed by atoms with Gasteiger partial charge in [0, 0.05) is 70.4 Å². The van der Waals surface area contributed by atoms with E-state index in [0.29, 0.717) is 17.9 Å². The van der Waals surface area contributed by atoms with Gasteiger partial charge in [-0.3, -0.25) is 14.7 Å². The molecule has 0 unspecified atom stereocenters. The number of nitrogens with zero attached hydrogens (tertiary/aromatic N) is 4. The van der Waals surface area contributed by atoms with Crippen LogP contribution >= 0.6 is 0 Å². The Morgan fingerprint density at radius 2 is 1.63 bits per heavy atom. The molecule has 4 rings (SSSR count). The van der Waals surface area contributed by atoms with Crippen LogP contribution in [0.25, 0.3) is 0 Å². The molecular weight excluding hydrogens is 376 g/mol. The molecule has 0 aromatic rings. The highest BCUT2D eigenvalue weighted by atomic mass is 16.2. The number of piperazine rings is 1. The molecule has 2 heterocycles. The summed E-state index contributed by atoms with van der Waals surface area (Å²) in [6.07, 6.45) is 9.93. The highest BCUT2D eigenvalue weighted by Crippen LogP contribution is 2.29. The second-order valence-corrected chi connectivity index (χ2v) is 9.59. The molecule has 170 valence electrons. The van der Waals surface area contributed by atoms with E-state index < -0.39 is 0 Å². The summed E-state index contributed by atoms with van der Waals surface area (Å²) in [6.45, 7) is 11.0. The van der Waals surface area contributed by atoms with Crippen LogP contribution in [-0.2, 0) is 4.79 Å². The summed E-state index contributed by atoms with van der Waals surface area (Å²) in [4.78, 5) is 24.7. The van der Waals surface area contributed by atoms with Crippen LogP contribution in [-0.4, -0.2) is 97.6 Å². The van der Waals surface area contributed by atoms with E-state index in [1.54, 1.807) is 0 Å². The van der Waals surface area contributed by atoms with Gasteiger partial charge in [0.05, 0.1) is 6.54 Å². The number of hydrogen-bond donors (Lipinski definition) is 2. The monoisotopic (exact) mass is 418 g/mol. The van der Waals surface area contributed by atoms with Crippen LogP contribution in [0.5, 0.6) is 0 Å². The van der Waals surface area contributed by atoms with Crippen LogP contribution in [0, 0.1) is 5.92 Å². The highest BCUT2D eigenvalue weighted by molar-refractivity contribution is 5.80. The predicted molar refractivity (Wildman–Crippen MR) is 122 cm³/mol. The van der Waals surface area contributed by atoms with Crippen LogP contribution in [0.2, 0.25) is 0 Å². The molecule has 0 atom stereocenters. The summed E-state index contributed by atoms with van der Waals surface area (Å²) in [7, 11) is 0. The molecule has 2 aliphatic carbocycles. The van der Waals surface area contributed by atoms with Crippen molar-refractivity contribution in [3.05, 3.63) is 0 Å². The summed E-state index contributed by atoms with van der Waals surface area (Å²) in [5.41, 5.74) is 0. The maximum atomic E-state index is 12.6. The Morgan fingerprint density at radius 1 is 0.933 bits per heavy atom. The van der Waals surface area contributed by atoms with Crippen molar-refractivity contribution in [2.45, 2.75) is 70.4 Å². The van der Waals surface area contributed by atoms with E-state index in [0.717, 1.165) is 70.7 Å². The van der Waals surface area contributed by atoms with Gasteiger partial charge in [-0.2, -0.15) is 0 Å². The van der Waals surface area contributed by atoms with Gasteiger partial charge >= 0.3 is 0 Å². The van der Waals surface area contributed by atoms with Gasteiger partial charge in [0.2, 0.25) is 5.91 Å². The molecule has 0 radical (unpaired) electrons. The molecule has 0 bridgehead atoms. The largest absolute Gasteiger partial charge is 0.357 e. The molecule has 0 spiro atoms. The van der Waals surface area contributed by atoms with Crippen molar-refractivity contribution in [2.24, 2.45) is 10.9 Å². The molecule has 0 aromatic carbocycles. The van der Waals surface area contributed by atoms with Crippen molar-refractivity contribution in [3.63, 3.8) is 0 Å². The molecule has 4 aliphatic rings. The van der Waals surface area contributed by atoms with Gasteiger partial charge in [-0.05, 0) is 45.4 Å². The summed E-state index contributed by atoms with van der Waals surface area (Å²) < 4.78 is 0. The van der Waals surface area contributed by atoms with Crippen LogP contribution in [0.15, 0.2) is 4.99 Å². The number of aliphatic imine (C=N–C) groups is 1. The minimum Gasteiger partial charge on any atom is -0.357 e. The molecule has 4 fully saturated rings. The van der Waals surface area contributed by atoms with Crippen molar-refractivity contribution >= 4 is 11.9 Å². The Hall–Kier alpha value is -1.34. The van der Waals surface area contributed by atoms with E-state index in [1.807, 2.05) is 0 Å². The number of nitrogens with one attached hydrogen (secondary N) is 2. The van der Waals surface area contributed by atoms with E-state index in [4.69, 9.17) is 4.99 Å². The lowest BCUT2D eigenvalue weighted by atomic mass is 10.1. The standard InChI is InChI=1S/C23H42N6O/c1-2-24-23(26-20-9-12-28(13-10-20)21-7-8-21)25-11-14-27-15-17-29(18-16-27)22(30)19-5-3-4-6-19/h19-21H,2-18H2,1H3,(H2,24,25,26). The number of hydrogen-bond acceptors (Lipinski definition) is 4. The van der Waals surface area contributed by atoms with E-state index >= 15 is 0 Å². The van der Waals surface area contributed by atoms with Crippen LogP contribution in [0.1, 0.15) is 58.3 Å². The Morgan fingerprint density at radius 3 is 2.27 bits per heavy atom. The first kappa shape index (κ1) is 21.9. The Bertz CT molecular complexity index is 570. The van der Waals surface area contributed by atoms with E-state index in [1.165, 1.54) is 51.6 Å². The molecule has 2 N–H and O–H groups in total. The van der Waals surface area contributed by atoms with Gasteiger partial charge in [0.25, 0.3) is 0 Å². The fourth-order valence-electron chi connectivity index (χ4n) is 5.29. The number of amides is 1. The zero-order chi connectivity index (χ0) is 20.8. The van der Waals surface area contributed by atoms with Crippen LogP contribution in [0.4, 0.5) is 0 Å². The first-order chi connectivity index (χ1) is 14.7. The van der Waals surface area contributed by atoms with Gasteiger partial charge in [0.15, 0.2) is 5.96 Å². The molecule has 2 saturated heterocycles. The fraction of sp³-hybridized carbons (Fsp3) is 0.913. The van der Waals surface area contributed by atoms with Crippen molar-refractivity contribution in [2.75, 3.05) is 58.9 Å². The van der Waals surface area contributed by atoms with Gasteiger partial charge in [-0.15, -0.1) is 0 Å². The summed E-state index contributed by atoms with van der Waals surface area (Å²) in [6, 6.07) is 1.43. The minimum absolute atomic E-state index is 0.311. The Labute approximate surface area is 182 Å². The van der Waals surface area contributed by atoms with Crippen molar-refractivity contribution < 1.29 is 4.79 Å². The Kier molecular flexibility index (Phi) is 7.88. The minimum atomic E-state index is 0.311. The second-order valence-electron chi connectivity index (χ2n) is 9.59. The fourth-order valence-corrected chi connectivity index (χ4v) is 5.29. The zero-order valence-corrected chi connectivity index (χ0v) is 18.9. The van der Waals surface area contributed by atoms with Crippen LogP contribution in [0.3, 0.4) is 0 Å². The lowest BCUT2D eigenvalue weighted by Gasteiger charge is -2.35. The average Bonchev–Trinajstić information content (AvgIpc) is 3.48. The molecule has 0 aromatic heterocycles. The average molecular weight is 419 g/mol. The number of piperidine rings is 1. The van der Waals surface area contributed by atoms with Crippen molar-refractivity contribution in [1.82, 2.24) is 25.3 Å². The number of carbonyl (C=O) groups excluding carboxylic acids is 1. The van der Waals surface area contributed by atoms with E-state index in [-0.39, 0.29) is 0 Å². The first-order valence-electron chi connectivity index (χ1n) is 12.5. The third-order valence-corrected chi connectivity index (χ3v) is 7.35. The molecule has 2 aliphatic heterocycles. The molecular formula is C23H42N6O. The Balaban J connectivity index is 1.15. The van der Waals surface area contributed by atoms with Crippen molar-refractivity contribution in [3.8, 4) is 0 Å². The maximum Gasteiger partial charge on any atom is 0.225 e. The lowest BCUT2D eigenvalue weighted by molar-refractivity contribution is -0.137. The van der Waals surface area contributed by atoms with Gasteiger partial charge in [-0.25, -0.2) is 0 Å². The number of likely N-dealkylation sites (tertiary alicyclic amines) is 1. The van der Waals surface area contributed by atoms with E-state index in [2.05, 4.69) is 32.3 Å². The summed E-state index contributed by atoms with van der Waals surface area (Å²) in [5, 5.41) is 7.09. The maximum absolute atomic E-state index is 12.6. The third-order valence-electron chi connectivity index (χ3n) is 7.35. The molecule has 7 heteroatoms. The van der Waals surface area contributed by atoms with Gasteiger partial charge in [0.1, 0.15) is 0 Å². The summed E-state index contributed by atoms with van der Waals surface area (Å²) in [5.74, 6) is 1.69. The van der Waals surface area contributed by atoms with E-state index in [9.17, 15) is 4.79 Å². The smallest absolute Gasteiger partial charge is 0.225 e. The summed E-state index contributed by atoms with van der Waals surface area (Å²) >= 11 is 0. The van der Waals surface area contributed by atoms with Crippen LogP contribution < -0.4 is 10.6 Å². The van der Waals surface area contributed by atoms with Gasteiger partial charge in [-0.1, -0.05) is 12.8 Å². The van der Waals surface area contributed by atoms with Crippen molar-refractivity contribution in [1.29, 1.82) is 0 Å². The SMILES string of the molecule is CCNC(=NCCN1CCN(C(=O)C2CCCC2)CC1)NC1CCN(C2CC2)CC1. The quantitative estimate of drug-likeness (QED) is 0.485. The lowest BCUT2D eigenvalue weighted by Crippen LogP contribution is -2.51. The normalized spacial score (nSPS) is 25.6.